The van der Waals surface area contributed by atoms with E-state index in [-0.39, 0.29) is 27.4 Å². The molecule has 1 atom stereocenters. The van der Waals surface area contributed by atoms with E-state index in [2.05, 4.69) is 22.3 Å². The third-order valence-electron chi connectivity index (χ3n) is 4.82. The molecule has 1 heterocycles. The second-order valence-corrected chi connectivity index (χ2v) is 9.67. The van der Waals surface area contributed by atoms with Crippen LogP contribution < -0.4 is 5.32 Å². The number of benzene rings is 2. The Kier molecular flexibility index (Phi) is 6.40. The zero-order valence-corrected chi connectivity index (χ0v) is 17.5. The van der Waals surface area contributed by atoms with Gasteiger partial charge in [0.05, 0.1) is 15.5 Å². The second kappa shape index (κ2) is 8.61. The fraction of sp³-hybridized carbons (Fsp3) is 0.350. The average Bonchev–Trinajstić information content (AvgIpc) is 3.09. The third-order valence-corrected chi connectivity index (χ3v) is 6.96. The molecule has 1 aliphatic rings. The molecule has 2 aromatic rings. The number of amides is 1. The summed E-state index contributed by atoms with van der Waals surface area (Å²) in [7, 11) is -0.738. The molecule has 1 amide bonds. The Balaban J connectivity index is 1.67. The van der Waals surface area contributed by atoms with Crippen molar-refractivity contribution in [2.45, 2.75) is 23.9 Å². The van der Waals surface area contributed by atoms with E-state index in [1.54, 1.807) is 0 Å². The lowest BCUT2D eigenvalue weighted by Gasteiger charge is -2.17. The monoisotopic (exact) mass is 421 g/mol. The van der Waals surface area contributed by atoms with Crippen LogP contribution >= 0.6 is 11.6 Å². The van der Waals surface area contributed by atoms with Gasteiger partial charge in [0.15, 0.2) is 0 Å². The van der Waals surface area contributed by atoms with Gasteiger partial charge in [-0.2, -0.15) is 0 Å². The quantitative estimate of drug-likeness (QED) is 0.778. The maximum Gasteiger partial charge on any atom is 0.253 e. The normalized spacial score (nSPS) is 17.8. The molecule has 0 aromatic heterocycles. The van der Waals surface area contributed by atoms with Crippen LogP contribution in [0.2, 0.25) is 5.02 Å². The minimum atomic E-state index is -3.63. The van der Waals surface area contributed by atoms with Crippen LogP contribution in [-0.2, 0) is 16.6 Å². The minimum absolute atomic E-state index is 0.00129. The lowest BCUT2D eigenvalue weighted by molar-refractivity contribution is 0.0937. The lowest BCUT2D eigenvalue weighted by atomic mass is 10.2. The first-order chi connectivity index (χ1) is 13.3. The first kappa shape index (κ1) is 20.8. The fourth-order valence-electron chi connectivity index (χ4n) is 3.25. The summed E-state index contributed by atoms with van der Waals surface area (Å²) in [6.45, 7) is 2.47. The smallest absolute Gasteiger partial charge is 0.253 e. The molecule has 150 valence electrons. The topological polar surface area (TPSA) is 69.7 Å². The molecule has 1 aliphatic heterocycles. The van der Waals surface area contributed by atoms with Crippen molar-refractivity contribution in [3.63, 3.8) is 0 Å². The van der Waals surface area contributed by atoms with Crippen LogP contribution in [-0.4, -0.2) is 56.8 Å². The number of hydrogen-bond acceptors (Lipinski definition) is 4. The van der Waals surface area contributed by atoms with Crippen LogP contribution in [0, 0.1) is 0 Å². The first-order valence-corrected chi connectivity index (χ1v) is 10.9. The number of hydrogen-bond donors (Lipinski definition) is 1. The van der Waals surface area contributed by atoms with Gasteiger partial charge in [-0.1, -0.05) is 41.9 Å². The molecular formula is C20H24ClN3O3S. The van der Waals surface area contributed by atoms with E-state index in [4.69, 9.17) is 11.6 Å². The molecular weight excluding hydrogens is 398 g/mol. The van der Waals surface area contributed by atoms with Gasteiger partial charge in [0.25, 0.3) is 5.91 Å². The predicted molar refractivity (Wildman–Crippen MR) is 110 cm³/mol. The van der Waals surface area contributed by atoms with E-state index >= 15 is 0 Å². The van der Waals surface area contributed by atoms with Crippen molar-refractivity contribution >= 4 is 27.5 Å². The maximum atomic E-state index is 12.7. The van der Waals surface area contributed by atoms with Crippen LogP contribution in [0.5, 0.6) is 0 Å². The number of nitrogens with one attached hydrogen (secondary N) is 1. The van der Waals surface area contributed by atoms with Crippen LogP contribution in [0.1, 0.15) is 22.3 Å². The summed E-state index contributed by atoms with van der Waals surface area (Å²) < 4.78 is 25.8. The number of halogens is 1. The molecule has 8 heteroatoms. The molecule has 2 aromatic carbocycles. The van der Waals surface area contributed by atoms with Gasteiger partial charge < -0.3 is 5.32 Å². The van der Waals surface area contributed by atoms with Crippen molar-refractivity contribution in [1.82, 2.24) is 14.5 Å². The van der Waals surface area contributed by atoms with Crippen LogP contribution in [0.15, 0.2) is 53.4 Å². The lowest BCUT2D eigenvalue weighted by Crippen LogP contribution is -2.37. The molecule has 0 aliphatic carbocycles. The molecule has 0 bridgehead atoms. The summed E-state index contributed by atoms with van der Waals surface area (Å²) in [4.78, 5) is 15.0. The number of sulfonamides is 1. The van der Waals surface area contributed by atoms with Gasteiger partial charge in [0.1, 0.15) is 0 Å². The van der Waals surface area contributed by atoms with Crippen molar-refractivity contribution in [3.05, 3.63) is 64.7 Å². The Morgan fingerprint density at radius 1 is 1.21 bits per heavy atom. The molecule has 1 N–H and O–H groups in total. The van der Waals surface area contributed by atoms with Gasteiger partial charge in [-0.3, -0.25) is 9.69 Å². The van der Waals surface area contributed by atoms with Crippen molar-refractivity contribution in [1.29, 1.82) is 0 Å². The van der Waals surface area contributed by atoms with E-state index in [9.17, 15) is 13.2 Å². The molecule has 0 radical (unpaired) electrons. The standard InChI is InChI=1S/C20H24ClN3O3S/c1-23(2)28(26,27)17-8-9-19(21)18(12-17)20(25)22-16-10-11-24(14-16)13-15-6-4-3-5-7-15/h3-9,12,16H,10-11,13-14H2,1-2H3,(H,22,25)/t16-/m0/s1. The highest BCUT2D eigenvalue weighted by molar-refractivity contribution is 7.89. The molecule has 0 unspecified atom stereocenters. The van der Waals surface area contributed by atoms with Gasteiger partial charge >= 0.3 is 0 Å². The molecule has 0 saturated carbocycles. The Bertz CT molecular complexity index is 948. The zero-order valence-electron chi connectivity index (χ0n) is 15.9. The van der Waals surface area contributed by atoms with E-state index < -0.39 is 10.0 Å². The van der Waals surface area contributed by atoms with Crippen molar-refractivity contribution in [3.8, 4) is 0 Å². The molecule has 1 saturated heterocycles. The summed E-state index contributed by atoms with van der Waals surface area (Å²) in [5.74, 6) is -0.354. The predicted octanol–water partition coefficient (Wildman–Crippen LogP) is 2.59. The van der Waals surface area contributed by atoms with Gasteiger partial charge in [0.2, 0.25) is 10.0 Å². The van der Waals surface area contributed by atoms with Crippen molar-refractivity contribution in [2.24, 2.45) is 0 Å². The van der Waals surface area contributed by atoms with Gasteiger partial charge in [0, 0.05) is 39.8 Å². The summed E-state index contributed by atoms with van der Waals surface area (Å²) in [5.41, 5.74) is 1.41. The van der Waals surface area contributed by atoms with E-state index in [1.807, 2.05) is 18.2 Å². The maximum absolute atomic E-state index is 12.7. The van der Waals surface area contributed by atoms with E-state index in [1.165, 1.54) is 37.9 Å². The largest absolute Gasteiger partial charge is 0.348 e. The van der Waals surface area contributed by atoms with Crippen molar-refractivity contribution < 1.29 is 13.2 Å². The molecule has 3 rings (SSSR count). The summed E-state index contributed by atoms with van der Waals surface area (Å²) in [6, 6.07) is 14.4. The highest BCUT2D eigenvalue weighted by Gasteiger charge is 2.26. The average molecular weight is 422 g/mol. The molecule has 0 spiro atoms. The van der Waals surface area contributed by atoms with Gasteiger partial charge in [-0.15, -0.1) is 0 Å². The number of carbonyl (C=O) groups is 1. The Hall–Kier alpha value is -1.93. The Labute approximate surface area is 171 Å². The van der Waals surface area contributed by atoms with Crippen molar-refractivity contribution in [2.75, 3.05) is 27.2 Å². The molecule has 6 nitrogen and oxygen atoms in total. The fourth-order valence-corrected chi connectivity index (χ4v) is 4.38. The first-order valence-electron chi connectivity index (χ1n) is 9.06. The highest BCUT2D eigenvalue weighted by atomic mass is 35.5. The number of carbonyl (C=O) groups excluding carboxylic acids is 1. The van der Waals surface area contributed by atoms with Gasteiger partial charge in [-0.25, -0.2) is 12.7 Å². The number of nitrogens with zero attached hydrogens (tertiary/aromatic N) is 2. The van der Waals surface area contributed by atoms with E-state index in [0.29, 0.717) is 0 Å². The third kappa shape index (κ3) is 4.72. The van der Waals surface area contributed by atoms with Crippen LogP contribution in [0.3, 0.4) is 0 Å². The summed E-state index contributed by atoms with van der Waals surface area (Å²) in [6.07, 6.45) is 0.839. The minimum Gasteiger partial charge on any atom is -0.348 e. The SMILES string of the molecule is CN(C)S(=O)(=O)c1ccc(Cl)c(C(=O)N[C@H]2CCN(Cc3ccccc3)C2)c1. The number of rotatable bonds is 6. The summed E-state index contributed by atoms with van der Waals surface area (Å²) in [5, 5.41) is 3.22. The Morgan fingerprint density at radius 3 is 2.61 bits per heavy atom. The number of likely N-dealkylation sites (tertiary alicyclic amines) is 1. The highest BCUT2D eigenvalue weighted by Crippen LogP contribution is 2.23. The van der Waals surface area contributed by atoms with Crippen LogP contribution in [0.25, 0.3) is 0 Å². The van der Waals surface area contributed by atoms with Crippen LogP contribution in [0.4, 0.5) is 0 Å². The molecule has 28 heavy (non-hydrogen) atoms. The van der Waals surface area contributed by atoms with E-state index in [0.717, 1.165) is 30.4 Å². The summed E-state index contributed by atoms with van der Waals surface area (Å²) >= 11 is 6.16. The Morgan fingerprint density at radius 2 is 1.93 bits per heavy atom. The molecule has 1 fully saturated rings. The zero-order chi connectivity index (χ0) is 20.3. The second-order valence-electron chi connectivity index (χ2n) is 7.11. The van der Waals surface area contributed by atoms with Gasteiger partial charge in [-0.05, 0) is 30.2 Å².